The first kappa shape index (κ1) is 10.6. The highest BCUT2D eigenvalue weighted by Gasteiger charge is 2.14. The molecule has 0 unspecified atom stereocenters. The topological polar surface area (TPSA) is 59.1 Å². The van der Waals surface area contributed by atoms with Crippen LogP contribution in [0.15, 0.2) is 24.3 Å². The normalized spacial score (nSPS) is 11.1. The molecule has 3 nitrogen and oxygen atoms in total. The number of para-hydroxylation sites is 1. The molecule has 3 heteroatoms. The molecule has 0 spiro atoms. The fourth-order valence-electron chi connectivity index (χ4n) is 1.11. The Labute approximate surface area is 84.4 Å². The lowest BCUT2D eigenvalue weighted by atomic mass is 10.1. The van der Waals surface area contributed by atoms with Gasteiger partial charge in [-0.1, -0.05) is 12.1 Å². The van der Waals surface area contributed by atoms with E-state index in [1.165, 1.54) is 0 Å². The second-order valence-corrected chi connectivity index (χ2v) is 4.12. The largest absolute Gasteiger partial charge is 0.487 e. The zero-order chi connectivity index (χ0) is 10.8. The van der Waals surface area contributed by atoms with E-state index in [1.807, 2.05) is 39.0 Å². The Hall–Kier alpha value is -1.51. The molecule has 0 aliphatic heterocycles. The summed E-state index contributed by atoms with van der Waals surface area (Å²) in [4.78, 5) is 0. The fraction of sp³-hybridized carbons (Fsp3) is 0.364. The molecule has 0 amide bonds. The Morgan fingerprint density at radius 1 is 1.29 bits per heavy atom. The molecule has 0 aromatic heterocycles. The van der Waals surface area contributed by atoms with E-state index in [1.54, 1.807) is 6.07 Å². The van der Waals surface area contributed by atoms with Crippen molar-refractivity contribution in [2.24, 2.45) is 5.73 Å². The number of benzene rings is 1. The van der Waals surface area contributed by atoms with Crippen molar-refractivity contribution in [1.82, 2.24) is 0 Å². The van der Waals surface area contributed by atoms with Crippen molar-refractivity contribution in [2.75, 3.05) is 0 Å². The molecule has 1 aromatic carbocycles. The molecule has 14 heavy (non-hydrogen) atoms. The quantitative estimate of drug-likeness (QED) is 0.557. The van der Waals surface area contributed by atoms with Crippen molar-refractivity contribution in [1.29, 1.82) is 5.41 Å². The maximum atomic E-state index is 7.38. The van der Waals surface area contributed by atoms with Crippen LogP contribution in [0.1, 0.15) is 26.3 Å². The molecule has 0 aliphatic carbocycles. The summed E-state index contributed by atoms with van der Waals surface area (Å²) >= 11 is 0. The second kappa shape index (κ2) is 3.70. The van der Waals surface area contributed by atoms with E-state index in [4.69, 9.17) is 15.9 Å². The van der Waals surface area contributed by atoms with Crippen molar-refractivity contribution in [3.8, 4) is 5.75 Å². The lowest BCUT2D eigenvalue weighted by molar-refractivity contribution is 0.130. The number of hydrogen-bond acceptors (Lipinski definition) is 2. The molecule has 0 atom stereocenters. The molecular weight excluding hydrogens is 176 g/mol. The van der Waals surface area contributed by atoms with Crippen molar-refractivity contribution >= 4 is 5.84 Å². The Bertz CT molecular complexity index is 339. The van der Waals surface area contributed by atoms with E-state index in [0.717, 1.165) is 0 Å². The van der Waals surface area contributed by atoms with Crippen LogP contribution in [0.2, 0.25) is 0 Å². The first-order valence-electron chi connectivity index (χ1n) is 4.52. The summed E-state index contributed by atoms with van der Waals surface area (Å²) in [5.74, 6) is 0.692. The average molecular weight is 192 g/mol. The Morgan fingerprint density at radius 2 is 1.86 bits per heavy atom. The Balaban J connectivity index is 3.02. The van der Waals surface area contributed by atoms with Gasteiger partial charge in [-0.3, -0.25) is 5.41 Å². The number of nitrogens with two attached hydrogens (primary N) is 1. The molecule has 3 N–H and O–H groups in total. The van der Waals surface area contributed by atoms with Gasteiger partial charge in [0.15, 0.2) is 0 Å². The Morgan fingerprint density at radius 3 is 2.36 bits per heavy atom. The van der Waals surface area contributed by atoms with E-state index >= 15 is 0 Å². The van der Waals surface area contributed by atoms with Crippen LogP contribution in [0, 0.1) is 5.41 Å². The van der Waals surface area contributed by atoms with Gasteiger partial charge in [-0.05, 0) is 32.9 Å². The van der Waals surface area contributed by atoms with Crippen LogP contribution in [0.25, 0.3) is 0 Å². The summed E-state index contributed by atoms with van der Waals surface area (Å²) in [7, 11) is 0. The first-order chi connectivity index (χ1) is 6.40. The summed E-state index contributed by atoms with van der Waals surface area (Å²) in [6.45, 7) is 5.89. The highest BCUT2D eigenvalue weighted by atomic mass is 16.5. The van der Waals surface area contributed by atoms with Gasteiger partial charge in [-0.15, -0.1) is 0 Å². The summed E-state index contributed by atoms with van der Waals surface area (Å²) in [6.07, 6.45) is 0. The first-order valence-corrected chi connectivity index (χ1v) is 4.52. The van der Waals surface area contributed by atoms with Crippen molar-refractivity contribution in [3.05, 3.63) is 29.8 Å². The van der Waals surface area contributed by atoms with Gasteiger partial charge in [0.2, 0.25) is 0 Å². The molecule has 1 aromatic rings. The van der Waals surface area contributed by atoms with Crippen molar-refractivity contribution in [2.45, 2.75) is 26.4 Å². The van der Waals surface area contributed by atoms with Gasteiger partial charge >= 0.3 is 0 Å². The van der Waals surface area contributed by atoms with Gasteiger partial charge in [0, 0.05) is 0 Å². The third-order valence-corrected chi connectivity index (χ3v) is 1.59. The van der Waals surface area contributed by atoms with Gasteiger partial charge in [0.05, 0.1) is 5.56 Å². The maximum Gasteiger partial charge on any atom is 0.131 e. The van der Waals surface area contributed by atoms with Crippen molar-refractivity contribution in [3.63, 3.8) is 0 Å². The van der Waals surface area contributed by atoms with E-state index in [-0.39, 0.29) is 11.4 Å². The molecule has 0 heterocycles. The third kappa shape index (κ3) is 2.76. The number of nitrogens with one attached hydrogen (secondary N) is 1. The van der Waals surface area contributed by atoms with Crippen LogP contribution in [0.4, 0.5) is 0 Å². The van der Waals surface area contributed by atoms with Gasteiger partial charge in [0.25, 0.3) is 0 Å². The highest BCUT2D eigenvalue weighted by molar-refractivity contribution is 5.97. The zero-order valence-corrected chi connectivity index (χ0v) is 8.79. The molecule has 0 saturated heterocycles. The van der Waals surface area contributed by atoms with Crippen LogP contribution >= 0.6 is 0 Å². The Kier molecular flexibility index (Phi) is 2.79. The van der Waals surface area contributed by atoms with Gasteiger partial charge < -0.3 is 10.5 Å². The number of nitrogen functional groups attached to an aromatic ring is 1. The number of ether oxygens (including phenoxy) is 1. The minimum atomic E-state index is -0.272. The molecule has 76 valence electrons. The molecule has 0 bridgehead atoms. The molecule has 0 aliphatic rings. The molecule has 0 radical (unpaired) electrons. The van der Waals surface area contributed by atoms with Crippen LogP contribution in [0.3, 0.4) is 0 Å². The lowest BCUT2D eigenvalue weighted by Gasteiger charge is -2.22. The average Bonchev–Trinajstić information content (AvgIpc) is 2.01. The van der Waals surface area contributed by atoms with Gasteiger partial charge in [0.1, 0.15) is 17.2 Å². The monoisotopic (exact) mass is 192 g/mol. The summed E-state index contributed by atoms with van der Waals surface area (Å²) < 4.78 is 5.67. The minimum absolute atomic E-state index is 0.0323. The van der Waals surface area contributed by atoms with Crippen LogP contribution in [-0.2, 0) is 0 Å². The fourth-order valence-corrected chi connectivity index (χ4v) is 1.11. The molecular formula is C11H16N2O. The van der Waals surface area contributed by atoms with Crippen LogP contribution < -0.4 is 10.5 Å². The van der Waals surface area contributed by atoms with Gasteiger partial charge in [-0.2, -0.15) is 0 Å². The van der Waals surface area contributed by atoms with E-state index < -0.39 is 0 Å². The molecule has 0 saturated carbocycles. The van der Waals surface area contributed by atoms with Crippen molar-refractivity contribution < 1.29 is 4.74 Å². The van der Waals surface area contributed by atoms with Gasteiger partial charge in [-0.25, -0.2) is 0 Å². The summed E-state index contributed by atoms with van der Waals surface area (Å²) in [6, 6.07) is 7.31. The van der Waals surface area contributed by atoms with Crippen LogP contribution in [0.5, 0.6) is 5.75 Å². The lowest BCUT2D eigenvalue weighted by Crippen LogP contribution is -2.25. The summed E-state index contributed by atoms with van der Waals surface area (Å²) in [5, 5.41) is 7.38. The van der Waals surface area contributed by atoms with E-state index in [9.17, 15) is 0 Å². The zero-order valence-electron chi connectivity index (χ0n) is 8.79. The number of rotatable bonds is 2. The SMILES string of the molecule is CC(C)(C)Oc1ccccc1C(=N)N. The predicted octanol–water partition coefficient (Wildman–Crippen LogP) is 2.15. The van der Waals surface area contributed by atoms with E-state index in [2.05, 4.69) is 0 Å². The van der Waals surface area contributed by atoms with Crippen LogP contribution in [-0.4, -0.2) is 11.4 Å². The van der Waals surface area contributed by atoms with E-state index in [0.29, 0.717) is 11.3 Å². The number of hydrogen-bond donors (Lipinski definition) is 2. The molecule has 0 fully saturated rings. The second-order valence-electron chi connectivity index (χ2n) is 4.12. The smallest absolute Gasteiger partial charge is 0.131 e. The molecule has 1 rings (SSSR count). The highest BCUT2D eigenvalue weighted by Crippen LogP contribution is 2.22. The maximum absolute atomic E-state index is 7.38. The predicted molar refractivity (Wildman–Crippen MR) is 57.8 cm³/mol. The summed E-state index contributed by atoms with van der Waals surface area (Å²) in [5.41, 5.74) is 5.81. The number of amidine groups is 1. The minimum Gasteiger partial charge on any atom is -0.487 e. The standard InChI is InChI=1S/C11H16N2O/c1-11(2,3)14-9-7-5-4-6-8(9)10(12)13/h4-7H,1-3H3,(H3,12,13). The third-order valence-electron chi connectivity index (χ3n) is 1.59.